The van der Waals surface area contributed by atoms with Gasteiger partial charge in [-0.05, 0) is 19.6 Å². The van der Waals surface area contributed by atoms with E-state index in [9.17, 15) is 4.79 Å². The number of rotatable bonds is 4. The molecular formula is C7H14NOS. The Balaban J connectivity index is 3.94. The third-order valence-electron chi connectivity index (χ3n) is 1.39. The lowest BCUT2D eigenvalue weighted by atomic mass is 10.1. The minimum atomic E-state index is -0.475. The van der Waals surface area contributed by atoms with Gasteiger partial charge in [-0.1, -0.05) is 6.92 Å². The molecule has 0 aromatic rings. The molecule has 0 heterocycles. The van der Waals surface area contributed by atoms with Crippen molar-refractivity contribution in [3.05, 3.63) is 0 Å². The summed E-state index contributed by atoms with van der Waals surface area (Å²) in [5.41, 5.74) is 5.49. The zero-order valence-corrected chi connectivity index (χ0v) is 7.49. The Hall–Kier alpha value is -0.0200. The van der Waals surface area contributed by atoms with E-state index in [1.54, 1.807) is 18.0 Å². The molecule has 0 spiro atoms. The summed E-state index contributed by atoms with van der Waals surface area (Å²) in [5, 5.41) is 0. The summed E-state index contributed by atoms with van der Waals surface area (Å²) >= 11 is 1.68. The molecule has 1 radical (unpaired) electrons. The number of carbonyl (C=O) groups excluding carboxylic acids is 1. The van der Waals surface area contributed by atoms with Gasteiger partial charge in [0.25, 0.3) is 0 Å². The lowest BCUT2D eigenvalue weighted by Gasteiger charge is -2.25. The van der Waals surface area contributed by atoms with Crippen LogP contribution in [-0.4, -0.2) is 22.8 Å². The van der Waals surface area contributed by atoms with E-state index in [0.29, 0.717) is 0 Å². The SMILES string of the molecule is CCSC(C)(C)[C@H](N)[C]=O. The summed E-state index contributed by atoms with van der Waals surface area (Å²) in [5.74, 6) is 0.975. The molecule has 3 heteroatoms. The van der Waals surface area contributed by atoms with E-state index in [4.69, 9.17) is 5.73 Å². The molecule has 2 nitrogen and oxygen atoms in total. The molecule has 0 bridgehead atoms. The zero-order valence-electron chi connectivity index (χ0n) is 6.68. The molecular weight excluding hydrogens is 146 g/mol. The standard InChI is InChI=1S/C7H14NOS/c1-4-10-7(2,3)6(8)5-9/h6H,4,8H2,1-3H3/t6-/m1/s1. The van der Waals surface area contributed by atoms with Gasteiger partial charge in [0.15, 0.2) is 0 Å². The minimum Gasteiger partial charge on any atom is -0.320 e. The molecule has 10 heavy (non-hydrogen) atoms. The monoisotopic (exact) mass is 160 g/mol. The molecule has 0 aliphatic carbocycles. The Bertz CT molecular complexity index is 114. The van der Waals surface area contributed by atoms with Crippen LogP contribution in [0.15, 0.2) is 0 Å². The topological polar surface area (TPSA) is 43.1 Å². The second-order valence-corrected chi connectivity index (χ2v) is 4.55. The van der Waals surface area contributed by atoms with Crippen LogP contribution in [0.3, 0.4) is 0 Å². The van der Waals surface area contributed by atoms with Crippen LogP contribution in [-0.2, 0) is 4.79 Å². The van der Waals surface area contributed by atoms with E-state index in [2.05, 4.69) is 0 Å². The molecule has 0 unspecified atom stereocenters. The highest BCUT2D eigenvalue weighted by Gasteiger charge is 2.26. The molecule has 0 saturated heterocycles. The summed E-state index contributed by atoms with van der Waals surface area (Å²) in [6, 6.07) is -0.475. The van der Waals surface area contributed by atoms with Crippen LogP contribution < -0.4 is 5.73 Å². The van der Waals surface area contributed by atoms with Crippen molar-refractivity contribution < 1.29 is 4.79 Å². The van der Waals surface area contributed by atoms with Gasteiger partial charge in [-0.3, -0.25) is 4.79 Å². The van der Waals surface area contributed by atoms with Crippen molar-refractivity contribution in [1.29, 1.82) is 0 Å². The summed E-state index contributed by atoms with van der Waals surface area (Å²) in [6.07, 6.45) is 1.80. The molecule has 0 aliphatic heterocycles. The van der Waals surface area contributed by atoms with E-state index in [1.807, 2.05) is 20.8 Å². The fourth-order valence-electron chi connectivity index (χ4n) is 0.604. The minimum absolute atomic E-state index is 0.170. The Morgan fingerprint density at radius 2 is 2.20 bits per heavy atom. The first-order valence-corrected chi connectivity index (χ1v) is 4.30. The van der Waals surface area contributed by atoms with Crippen LogP contribution in [0, 0.1) is 0 Å². The van der Waals surface area contributed by atoms with Gasteiger partial charge in [0.05, 0.1) is 6.04 Å². The van der Waals surface area contributed by atoms with E-state index < -0.39 is 6.04 Å². The second-order valence-electron chi connectivity index (χ2n) is 2.63. The van der Waals surface area contributed by atoms with Crippen molar-refractivity contribution in [1.82, 2.24) is 0 Å². The Morgan fingerprint density at radius 1 is 1.70 bits per heavy atom. The fraction of sp³-hybridized carbons (Fsp3) is 0.857. The van der Waals surface area contributed by atoms with Crippen LogP contribution in [0.1, 0.15) is 20.8 Å². The number of hydrogen-bond acceptors (Lipinski definition) is 3. The van der Waals surface area contributed by atoms with Crippen LogP contribution in [0.2, 0.25) is 0 Å². The zero-order chi connectivity index (χ0) is 8.20. The molecule has 0 amide bonds. The van der Waals surface area contributed by atoms with Crippen LogP contribution in [0.25, 0.3) is 0 Å². The quantitative estimate of drug-likeness (QED) is 0.666. The van der Waals surface area contributed by atoms with Crippen molar-refractivity contribution in [2.75, 3.05) is 5.75 Å². The normalized spacial score (nSPS) is 14.8. The highest BCUT2D eigenvalue weighted by atomic mass is 32.2. The average molecular weight is 160 g/mol. The van der Waals surface area contributed by atoms with Crippen LogP contribution in [0.4, 0.5) is 0 Å². The summed E-state index contributed by atoms with van der Waals surface area (Å²) < 4.78 is -0.170. The van der Waals surface area contributed by atoms with Crippen molar-refractivity contribution in [2.45, 2.75) is 31.6 Å². The molecule has 1 atom stereocenters. The molecule has 2 N–H and O–H groups in total. The van der Waals surface area contributed by atoms with E-state index in [0.717, 1.165) is 5.75 Å². The highest BCUT2D eigenvalue weighted by Crippen LogP contribution is 2.25. The third kappa shape index (κ3) is 2.71. The smallest absolute Gasteiger partial charge is 0.218 e. The fourth-order valence-corrected chi connectivity index (χ4v) is 1.58. The van der Waals surface area contributed by atoms with Gasteiger partial charge in [-0.2, -0.15) is 11.8 Å². The van der Waals surface area contributed by atoms with Crippen molar-refractivity contribution in [2.24, 2.45) is 5.73 Å². The van der Waals surface area contributed by atoms with E-state index >= 15 is 0 Å². The Labute approximate surface area is 66.6 Å². The molecule has 0 aromatic heterocycles. The molecule has 0 fully saturated rings. The maximum atomic E-state index is 10.2. The van der Waals surface area contributed by atoms with E-state index in [-0.39, 0.29) is 4.75 Å². The molecule has 0 saturated carbocycles. The largest absolute Gasteiger partial charge is 0.320 e. The van der Waals surface area contributed by atoms with E-state index in [1.165, 1.54) is 0 Å². The van der Waals surface area contributed by atoms with Crippen molar-refractivity contribution in [3.8, 4) is 0 Å². The predicted molar refractivity (Wildman–Crippen MR) is 45.9 cm³/mol. The molecule has 0 aliphatic rings. The van der Waals surface area contributed by atoms with Crippen molar-refractivity contribution in [3.63, 3.8) is 0 Å². The third-order valence-corrected chi connectivity index (χ3v) is 2.68. The maximum absolute atomic E-state index is 10.2. The molecule has 0 rings (SSSR count). The van der Waals surface area contributed by atoms with Gasteiger partial charge >= 0.3 is 0 Å². The van der Waals surface area contributed by atoms with Crippen LogP contribution in [0.5, 0.6) is 0 Å². The molecule has 0 aromatic carbocycles. The highest BCUT2D eigenvalue weighted by molar-refractivity contribution is 8.00. The van der Waals surface area contributed by atoms with Crippen LogP contribution >= 0.6 is 11.8 Å². The predicted octanol–water partition coefficient (Wildman–Crippen LogP) is 0.955. The van der Waals surface area contributed by atoms with Crippen molar-refractivity contribution >= 4 is 18.0 Å². The van der Waals surface area contributed by atoms with Gasteiger partial charge in [-0.25, -0.2) is 0 Å². The van der Waals surface area contributed by atoms with Gasteiger partial charge < -0.3 is 5.73 Å². The summed E-state index contributed by atoms with van der Waals surface area (Å²) in [4.78, 5) is 10.2. The number of thioether (sulfide) groups is 1. The first-order valence-electron chi connectivity index (χ1n) is 3.31. The maximum Gasteiger partial charge on any atom is 0.218 e. The summed E-state index contributed by atoms with van der Waals surface area (Å²) in [7, 11) is 0. The molecule has 59 valence electrons. The Kier molecular flexibility index (Phi) is 3.98. The lowest BCUT2D eigenvalue weighted by molar-refractivity contribution is 0.521. The summed E-state index contributed by atoms with van der Waals surface area (Å²) in [6.45, 7) is 5.96. The lowest BCUT2D eigenvalue weighted by Crippen LogP contribution is -2.41. The first kappa shape index (κ1) is 9.98. The Morgan fingerprint density at radius 3 is 2.50 bits per heavy atom. The van der Waals surface area contributed by atoms with Gasteiger partial charge in [0, 0.05) is 4.75 Å². The van der Waals surface area contributed by atoms with Gasteiger partial charge in [0.2, 0.25) is 6.29 Å². The van der Waals surface area contributed by atoms with Gasteiger partial charge in [0.1, 0.15) is 0 Å². The number of nitrogens with two attached hydrogens (primary N) is 1. The first-order chi connectivity index (χ1) is 4.54. The second kappa shape index (κ2) is 3.98. The number of hydrogen-bond donors (Lipinski definition) is 1. The average Bonchev–Trinajstić information content (AvgIpc) is 1.86. The van der Waals surface area contributed by atoms with Gasteiger partial charge in [-0.15, -0.1) is 0 Å².